The number of hydrogen-bond donors (Lipinski definition) is 0. The second-order valence-corrected chi connectivity index (χ2v) is 7.57. The molecule has 5 aromatic carbocycles. The minimum absolute atomic E-state index is 0.0246. The minimum atomic E-state index is -1.74. The summed E-state index contributed by atoms with van der Waals surface area (Å²) in [5.41, 5.74) is -1.81. The maximum Gasteiger partial charge on any atom is 0.169 e. The molecule has 0 atom stereocenters. The van der Waals surface area contributed by atoms with Gasteiger partial charge in [-0.2, -0.15) is 0 Å². The quantitative estimate of drug-likeness (QED) is 0.137. The zero-order valence-corrected chi connectivity index (χ0v) is 16.8. The summed E-state index contributed by atoms with van der Waals surface area (Å²) in [4.78, 5) is 0. The van der Waals surface area contributed by atoms with Crippen LogP contribution in [0.4, 0.5) is 35.1 Å². The van der Waals surface area contributed by atoms with E-state index in [0.717, 1.165) is 12.1 Å². The van der Waals surface area contributed by atoms with Gasteiger partial charge < -0.3 is 0 Å². The first-order valence-electron chi connectivity index (χ1n) is 9.81. The second kappa shape index (κ2) is 7.83. The fraction of sp³-hybridized carbons (Fsp3) is 0. The molecule has 0 radical (unpaired) electrons. The van der Waals surface area contributed by atoms with E-state index in [2.05, 4.69) is 0 Å². The number of halogens is 8. The molecule has 0 saturated carbocycles. The van der Waals surface area contributed by atoms with Crippen molar-refractivity contribution in [2.45, 2.75) is 0 Å². The normalized spacial score (nSPS) is 11.5. The molecule has 0 aromatic heterocycles. The maximum atomic E-state index is 14.8. The molecule has 0 spiro atoms. The van der Waals surface area contributed by atoms with E-state index in [4.69, 9.17) is 0 Å². The fourth-order valence-electron chi connectivity index (χ4n) is 4.21. The van der Waals surface area contributed by atoms with Gasteiger partial charge in [-0.15, -0.1) is 0 Å². The van der Waals surface area contributed by atoms with Crippen LogP contribution in [0.25, 0.3) is 43.8 Å². The Hall–Kier alpha value is -3.94. The highest BCUT2D eigenvalue weighted by Gasteiger charge is 2.27. The molecule has 0 bridgehead atoms. The lowest BCUT2D eigenvalue weighted by Crippen LogP contribution is -2.01. The zero-order valence-electron chi connectivity index (χ0n) is 16.8. The van der Waals surface area contributed by atoms with E-state index in [0.29, 0.717) is 18.2 Å². The zero-order chi connectivity index (χ0) is 24.3. The van der Waals surface area contributed by atoms with Crippen molar-refractivity contribution in [3.8, 4) is 22.3 Å². The van der Waals surface area contributed by atoms with Crippen LogP contribution in [-0.4, -0.2) is 0 Å². The molecule has 0 amide bonds. The summed E-state index contributed by atoms with van der Waals surface area (Å²) < 4.78 is 115. The third-order valence-corrected chi connectivity index (χ3v) is 5.63. The summed E-state index contributed by atoms with van der Waals surface area (Å²) in [7, 11) is 0. The van der Waals surface area contributed by atoms with Crippen LogP contribution in [0.2, 0.25) is 0 Å². The van der Waals surface area contributed by atoms with Crippen molar-refractivity contribution >= 4 is 21.5 Å². The van der Waals surface area contributed by atoms with Crippen LogP contribution in [-0.2, 0) is 0 Å². The van der Waals surface area contributed by atoms with E-state index >= 15 is 0 Å². The Labute approximate surface area is 186 Å². The Bertz CT molecular complexity index is 1610. The van der Waals surface area contributed by atoms with Gasteiger partial charge in [-0.1, -0.05) is 24.3 Å². The molecule has 0 saturated heterocycles. The van der Waals surface area contributed by atoms with Crippen molar-refractivity contribution in [3.63, 3.8) is 0 Å². The lowest BCUT2D eigenvalue weighted by molar-refractivity contribution is 0.458. The van der Waals surface area contributed by atoms with Crippen molar-refractivity contribution in [1.82, 2.24) is 0 Å². The van der Waals surface area contributed by atoms with E-state index in [1.165, 1.54) is 24.3 Å². The molecule has 0 aliphatic carbocycles. The van der Waals surface area contributed by atoms with E-state index in [-0.39, 0.29) is 38.7 Å². The molecule has 0 nitrogen and oxygen atoms in total. The van der Waals surface area contributed by atoms with Crippen molar-refractivity contribution in [1.29, 1.82) is 0 Å². The molecular weight excluding hydrogens is 464 g/mol. The lowest BCUT2D eigenvalue weighted by atomic mass is 9.85. The smallest absolute Gasteiger partial charge is 0.169 e. The number of rotatable bonds is 2. The minimum Gasteiger partial charge on any atom is -0.207 e. The number of benzene rings is 5. The van der Waals surface area contributed by atoms with Gasteiger partial charge in [0.2, 0.25) is 0 Å². The van der Waals surface area contributed by atoms with E-state index in [9.17, 15) is 35.1 Å². The van der Waals surface area contributed by atoms with Gasteiger partial charge in [0.25, 0.3) is 0 Å². The molecule has 34 heavy (non-hydrogen) atoms. The summed E-state index contributed by atoms with van der Waals surface area (Å²) >= 11 is 0. The SMILES string of the molecule is Fc1ccc(-c2c3ccccc3c(-c3c(F)c(F)cc(F)c3F)c3cc(F)c(F)cc23)c(F)c1. The predicted octanol–water partition coefficient (Wildman–Crippen LogP) is 8.44. The number of fused-ring (bicyclic) bond motifs is 2. The third kappa shape index (κ3) is 3.21. The second-order valence-electron chi connectivity index (χ2n) is 7.57. The average Bonchev–Trinajstić information content (AvgIpc) is 2.79. The molecule has 0 aliphatic heterocycles. The molecule has 8 heteroatoms. The molecule has 170 valence electrons. The van der Waals surface area contributed by atoms with Crippen LogP contribution in [0.15, 0.2) is 60.7 Å². The van der Waals surface area contributed by atoms with E-state index in [1.807, 2.05) is 0 Å². The molecule has 0 N–H and O–H groups in total. The van der Waals surface area contributed by atoms with Crippen LogP contribution in [0, 0.1) is 46.5 Å². The summed E-state index contributed by atoms with van der Waals surface area (Å²) in [6.45, 7) is 0. The Kier molecular flexibility index (Phi) is 5.04. The van der Waals surface area contributed by atoms with Crippen molar-refractivity contribution in [3.05, 3.63) is 107 Å². The Morgan fingerprint density at radius 2 is 0.912 bits per heavy atom. The highest BCUT2D eigenvalue weighted by molar-refractivity contribution is 6.21. The van der Waals surface area contributed by atoms with Gasteiger partial charge >= 0.3 is 0 Å². The molecule has 5 aromatic rings. The Balaban J connectivity index is 2.09. The van der Waals surface area contributed by atoms with Crippen molar-refractivity contribution in [2.24, 2.45) is 0 Å². The van der Waals surface area contributed by atoms with Gasteiger partial charge in [-0.3, -0.25) is 0 Å². The Morgan fingerprint density at radius 1 is 0.382 bits per heavy atom. The molecule has 0 unspecified atom stereocenters. The van der Waals surface area contributed by atoms with Gasteiger partial charge in [0.05, 0.1) is 5.56 Å². The van der Waals surface area contributed by atoms with Gasteiger partial charge in [-0.05, 0) is 45.8 Å². The Morgan fingerprint density at radius 3 is 1.47 bits per heavy atom. The first kappa shape index (κ1) is 21.9. The van der Waals surface area contributed by atoms with Crippen molar-refractivity contribution < 1.29 is 35.1 Å². The van der Waals surface area contributed by atoms with Crippen LogP contribution in [0.3, 0.4) is 0 Å². The van der Waals surface area contributed by atoms with Gasteiger partial charge in [0.15, 0.2) is 34.9 Å². The van der Waals surface area contributed by atoms with Gasteiger partial charge in [0.1, 0.15) is 11.6 Å². The first-order chi connectivity index (χ1) is 16.2. The lowest BCUT2D eigenvalue weighted by Gasteiger charge is -2.19. The standard InChI is InChI=1S/C26H10F8/c27-11-5-6-14(17(28)7-11)22-12-3-1-2-4-13(12)23(16-9-19(30)18(29)8-15(16)22)24-25(33)20(31)10-21(32)26(24)34/h1-10H. The molecule has 0 fully saturated rings. The predicted molar refractivity (Wildman–Crippen MR) is 112 cm³/mol. The summed E-state index contributed by atoms with van der Waals surface area (Å²) in [6, 6.07) is 9.61. The summed E-state index contributed by atoms with van der Waals surface area (Å²) in [6.07, 6.45) is 0. The van der Waals surface area contributed by atoms with Crippen LogP contribution < -0.4 is 0 Å². The fourth-order valence-corrected chi connectivity index (χ4v) is 4.21. The summed E-state index contributed by atoms with van der Waals surface area (Å²) in [5, 5.41) is -0.465. The average molecular weight is 474 g/mol. The van der Waals surface area contributed by atoms with E-state index < -0.39 is 57.7 Å². The molecule has 5 rings (SSSR count). The summed E-state index contributed by atoms with van der Waals surface area (Å²) in [5.74, 6) is -11.5. The maximum absolute atomic E-state index is 14.8. The third-order valence-electron chi connectivity index (χ3n) is 5.63. The van der Waals surface area contributed by atoms with E-state index in [1.54, 1.807) is 0 Å². The highest BCUT2D eigenvalue weighted by atomic mass is 19.2. The molecular formula is C26H10F8. The highest BCUT2D eigenvalue weighted by Crippen LogP contribution is 2.46. The van der Waals surface area contributed by atoms with Gasteiger partial charge in [-0.25, -0.2) is 35.1 Å². The topological polar surface area (TPSA) is 0 Å². The molecule has 0 aliphatic rings. The number of hydrogen-bond acceptors (Lipinski definition) is 0. The van der Waals surface area contributed by atoms with Crippen LogP contribution in [0.1, 0.15) is 0 Å². The first-order valence-corrected chi connectivity index (χ1v) is 9.81. The molecule has 0 heterocycles. The largest absolute Gasteiger partial charge is 0.207 e. The monoisotopic (exact) mass is 474 g/mol. The van der Waals surface area contributed by atoms with Crippen LogP contribution in [0.5, 0.6) is 0 Å². The van der Waals surface area contributed by atoms with Crippen LogP contribution >= 0.6 is 0 Å². The van der Waals surface area contributed by atoms with Gasteiger partial charge in [0, 0.05) is 28.8 Å². The van der Waals surface area contributed by atoms with Crippen molar-refractivity contribution in [2.75, 3.05) is 0 Å².